The van der Waals surface area contributed by atoms with Crippen molar-refractivity contribution in [2.45, 2.75) is 59.1 Å². The third-order valence-electron chi connectivity index (χ3n) is 3.01. The summed E-state index contributed by atoms with van der Waals surface area (Å²) in [5.41, 5.74) is -1.03. The molecule has 0 unspecified atom stereocenters. The molecule has 0 aromatic rings. The minimum absolute atomic E-state index is 0.149. The molecule has 1 N–H and O–H groups in total. The summed E-state index contributed by atoms with van der Waals surface area (Å²) in [5.74, 6) is 0.198. The van der Waals surface area contributed by atoms with Gasteiger partial charge >= 0.3 is 6.03 Å². The maximum Gasteiger partial charge on any atom is 0.325 e. The summed E-state index contributed by atoms with van der Waals surface area (Å²) in [6.45, 7) is 12.4. The number of hydrogen-bond donors (Lipinski definition) is 1. The fourth-order valence-electron chi connectivity index (χ4n) is 2.35. The highest BCUT2D eigenvalue weighted by molar-refractivity contribution is 6.06. The van der Waals surface area contributed by atoms with Gasteiger partial charge in [0.25, 0.3) is 5.91 Å². The SMILES string of the molecule is CC(C)C[C@@]1(C)NC(=O)N(CCOC(C)(C)C)C1=O. The van der Waals surface area contributed by atoms with Crippen LogP contribution in [0.15, 0.2) is 0 Å². The van der Waals surface area contributed by atoms with E-state index >= 15 is 0 Å². The van der Waals surface area contributed by atoms with Crippen LogP contribution in [-0.4, -0.2) is 41.1 Å². The van der Waals surface area contributed by atoms with Crippen molar-refractivity contribution < 1.29 is 14.3 Å². The molecule has 0 aromatic heterocycles. The molecule has 1 heterocycles. The van der Waals surface area contributed by atoms with Crippen molar-refractivity contribution in [2.75, 3.05) is 13.2 Å². The van der Waals surface area contributed by atoms with Crippen LogP contribution in [-0.2, 0) is 9.53 Å². The van der Waals surface area contributed by atoms with Crippen molar-refractivity contribution in [3.05, 3.63) is 0 Å². The lowest BCUT2D eigenvalue weighted by Crippen LogP contribution is -2.45. The van der Waals surface area contributed by atoms with Crippen molar-refractivity contribution in [2.24, 2.45) is 5.92 Å². The van der Waals surface area contributed by atoms with Crippen LogP contribution in [0.25, 0.3) is 0 Å². The molecule has 5 nitrogen and oxygen atoms in total. The minimum atomic E-state index is -0.771. The molecule has 0 spiro atoms. The highest BCUT2D eigenvalue weighted by atomic mass is 16.5. The van der Waals surface area contributed by atoms with Crippen LogP contribution in [0, 0.1) is 5.92 Å². The number of nitrogens with one attached hydrogen (secondary N) is 1. The van der Waals surface area contributed by atoms with Crippen LogP contribution in [0.5, 0.6) is 0 Å². The van der Waals surface area contributed by atoms with Crippen LogP contribution in [0.3, 0.4) is 0 Å². The summed E-state index contributed by atoms with van der Waals surface area (Å²) in [7, 11) is 0. The maximum absolute atomic E-state index is 12.3. The van der Waals surface area contributed by atoms with E-state index < -0.39 is 5.54 Å². The Morgan fingerprint density at radius 1 is 1.32 bits per heavy atom. The summed E-state index contributed by atoms with van der Waals surface area (Å²) in [4.78, 5) is 25.4. The quantitative estimate of drug-likeness (QED) is 0.779. The van der Waals surface area contributed by atoms with Gasteiger partial charge in [-0.3, -0.25) is 9.69 Å². The van der Waals surface area contributed by atoms with Gasteiger partial charge in [-0.05, 0) is 40.0 Å². The van der Waals surface area contributed by atoms with Crippen molar-refractivity contribution in [1.29, 1.82) is 0 Å². The van der Waals surface area contributed by atoms with Crippen LogP contribution in [0.4, 0.5) is 4.79 Å². The van der Waals surface area contributed by atoms with Gasteiger partial charge in [0.2, 0.25) is 0 Å². The molecule has 0 bridgehead atoms. The smallest absolute Gasteiger partial charge is 0.325 e. The topological polar surface area (TPSA) is 58.6 Å². The van der Waals surface area contributed by atoms with Gasteiger partial charge in [0.05, 0.1) is 18.8 Å². The summed E-state index contributed by atoms with van der Waals surface area (Å²) in [6, 6.07) is -0.314. The van der Waals surface area contributed by atoms with E-state index in [0.717, 1.165) is 0 Å². The Hall–Kier alpha value is -1.10. The van der Waals surface area contributed by atoms with Gasteiger partial charge in [-0.25, -0.2) is 4.79 Å². The second-order valence-electron chi connectivity index (χ2n) is 6.78. The van der Waals surface area contributed by atoms with Crippen molar-refractivity contribution >= 4 is 11.9 Å². The lowest BCUT2D eigenvalue weighted by Gasteiger charge is -2.24. The number of rotatable bonds is 5. The van der Waals surface area contributed by atoms with Gasteiger partial charge in [-0.2, -0.15) is 0 Å². The molecule has 3 amide bonds. The lowest BCUT2D eigenvalue weighted by atomic mass is 9.91. The molecule has 0 aliphatic carbocycles. The minimum Gasteiger partial charge on any atom is -0.374 e. The highest BCUT2D eigenvalue weighted by Crippen LogP contribution is 2.24. The third-order valence-corrected chi connectivity index (χ3v) is 3.01. The van der Waals surface area contributed by atoms with Crippen molar-refractivity contribution in [1.82, 2.24) is 10.2 Å². The number of carbonyl (C=O) groups excluding carboxylic acids is 2. The molecule has 19 heavy (non-hydrogen) atoms. The fraction of sp³-hybridized carbons (Fsp3) is 0.857. The molecular weight excluding hydrogens is 244 g/mol. The van der Waals surface area contributed by atoms with E-state index in [1.165, 1.54) is 4.90 Å². The average Bonchev–Trinajstić information content (AvgIpc) is 2.38. The summed E-state index contributed by atoms with van der Waals surface area (Å²) in [6.07, 6.45) is 0.647. The summed E-state index contributed by atoms with van der Waals surface area (Å²) < 4.78 is 5.56. The molecule has 110 valence electrons. The second-order valence-corrected chi connectivity index (χ2v) is 6.78. The van der Waals surface area contributed by atoms with Crippen LogP contribution in [0.1, 0.15) is 48.0 Å². The number of amides is 3. The molecule has 0 saturated carbocycles. The number of ether oxygens (including phenoxy) is 1. The first-order valence-electron chi connectivity index (χ1n) is 6.83. The van der Waals surface area contributed by atoms with Gasteiger partial charge in [0.1, 0.15) is 5.54 Å². The van der Waals surface area contributed by atoms with E-state index in [4.69, 9.17) is 4.74 Å². The standard InChI is InChI=1S/C14H26N2O3/c1-10(2)9-14(6)11(17)16(12(18)15-14)7-8-19-13(3,4)5/h10H,7-9H2,1-6H3,(H,15,18)/t14-/m1/s1. The molecule has 1 fully saturated rings. The largest absolute Gasteiger partial charge is 0.374 e. The maximum atomic E-state index is 12.3. The molecule has 1 atom stereocenters. The number of nitrogens with zero attached hydrogens (tertiary/aromatic N) is 1. The Morgan fingerprint density at radius 3 is 2.37 bits per heavy atom. The summed E-state index contributed by atoms with van der Waals surface area (Å²) in [5, 5.41) is 2.79. The Labute approximate surface area is 115 Å². The van der Waals surface area contributed by atoms with E-state index in [1.54, 1.807) is 6.92 Å². The van der Waals surface area contributed by atoms with E-state index in [9.17, 15) is 9.59 Å². The molecule has 1 aliphatic heterocycles. The Balaban J connectivity index is 2.61. The zero-order valence-corrected chi connectivity index (χ0v) is 12.9. The average molecular weight is 270 g/mol. The van der Waals surface area contributed by atoms with Gasteiger partial charge < -0.3 is 10.1 Å². The van der Waals surface area contributed by atoms with E-state index in [1.807, 2.05) is 34.6 Å². The van der Waals surface area contributed by atoms with E-state index in [0.29, 0.717) is 25.5 Å². The third kappa shape index (κ3) is 4.20. The Morgan fingerprint density at radius 2 is 1.89 bits per heavy atom. The molecule has 0 aromatic carbocycles. The molecule has 0 radical (unpaired) electrons. The molecule has 1 aliphatic rings. The Bertz CT molecular complexity index is 360. The fourth-order valence-corrected chi connectivity index (χ4v) is 2.35. The molecular formula is C14H26N2O3. The number of urea groups is 1. The molecule has 5 heteroatoms. The second kappa shape index (κ2) is 5.49. The van der Waals surface area contributed by atoms with Crippen LogP contribution >= 0.6 is 0 Å². The zero-order valence-electron chi connectivity index (χ0n) is 12.9. The van der Waals surface area contributed by atoms with Gasteiger partial charge in [-0.15, -0.1) is 0 Å². The van der Waals surface area contributed by atoms with E-state index in [-0.39, 0.29) is 17.5 Å². The monoisotopic (exact) mass is 270 g/mol. The van der Waals surface area contributed by atoms with Gasteiger partial charge in [0.15, 0.2) is 0 Å². The first-order valence-corrected chi connectivity index (χ1v) is 6.83. The normalized spacial score (nSPS) is 24.3. The predicted molar refractivity (Wildman–Crippen MR) is 73.8 cm³/mol. The van der Waals surface area contributed by atoms with Crippen LogP contribution < -0.4 is 5.32 Å². The van der Waals surface area contributed by atoms with Crippen LogP contribution in [0.2, 0.25) is 0 Å². The van der Waals surface area contributed by atoms with E-state index in [2.05, 4.69) is 5.32 Å². The predicted octanol–water partition coefficient (Wildman–Crippen LogP) is 2.16. The first kappa shape index (κ1) is 16.0. The highest BCUT2D eigenvalue weighted by Gasteiger charge is 2.47. The summed E-state index contributed by atoms with van der Waals surface area (Å²) >= 11 is 0. The molecule has 1 rings (SSSR count). The van der Waals surface area contributed by atoms with Gasteiger partial charge in [0, 0.05) is 0 Å². The first-order chi connectivity index (χ1) is 8.55. The number of carbonyl (C=O) groups is 2. The number of hydrogen-bond acceptors (Lipinski definition) is 3. The van der Waals surface area contributed by atoms with Crippen molar-refractivity contribution in [3.63, 3.8) is 0 Å². The Kier molecular flexibility index (Phi) is 4.61. The zero-order chi connectivity index (χ0) is 14.8. The lowest BCUT2D eigenvalue weighted by molar-refractivity contribution is -0.132. The number of imide groups is 1. The molecule has 1 saturated heterocycles. The van der Waals surface area contributed by atoms with Crippen molar-refractivity contribution in [3.8, 4) is 0 Å². The van der Waals surface area contributed by atoms with Gasteiger partial charge in [-0.1, -0.05) is 13.8 Å².